The van der Waals surface area contributed by atoms with Gasteiger partial charge in [-0.3, -0.25) is 14.4 Å². The van der Waals surface area contributed by atoms with E-state index in [9.17, 15) is 0 Å². The third-order valence-corrected chi connectivity index (χ3v) is 16.8. The summed E-state index contributed by atoms with van der Waals surface area (Å²) in [6.07, 6.45) is 14.7. The molecule has 6 atom stereocenters. The molecule has 2 amide bonds. The summed E-state index contributed by atoms with van der Waals surface area (Å²) in [5.41, 5.74) is 8.44. The van der Waals surface area contributed by atoms with E-state index in [2.05, 4.69) is 143 Å². The number of nitrogens with zero attached hydrogens (tertiary/aromatic N) is 2. The lowest BCUT2D eigenvalue weighted by Gasteiger charge is -2.40. The van der Waals surface area contributed by atoms with Crippen LogP contribution in [0.15, 0.2) is 17.9 Å². The quantitative estimate of drug-likeness (QED) is 0.154. The Morgan fingerprint density at radius 2 is 1.07 bits per heavy atom. The van der Waals surface area contributed by atoms with Crippen LogP contribution in [0.2, 0.25) is 0 Å². The number of amides is 2. The number of carbonyl (C=O) groups is 3. The first-order valence-electron chi connectivity index (χ1n) is 28.8. The predicted octanol–water partition coefficient (Wildman–Crippen LogP) is 12.2. The van der Waals surface area contributed by atoms with Gasteiger partial charge in [-0.1, -0.05) is 117 Å². The molecule has 4 aliphatic heterocycles. The summed E-state index contributed by atoms with van der Waals surface area (Å²) >= 11 is 0. The van der Waals surface area contributed by atoms with Crippen LogP contribution < -0.4 is 35.8 Å². The van der Waals surface area contributed by atoms with Crippen LogP contribution in [-0.2, 0) is 40.1 Å². The van der Waals surface area contributed by atoms with Crippen molar-refractivity contribution in [1.82, 2.24) is 4.58 Å². The van der Waals surface area contributed by atoms with Gasteiger partial charge in [0.25, 0.3) is 0 Å². The Kier molecular flexibility index (Phi) is 16.8. The van der Waals surface area contributed by atoms with Crippen LogP contribution in [0.25, 0.3) is 11.1 Å². The third kappa shape index (κ3) is 13.1. The highest BCUT2D eigenvalue weighted by molar-refractivity contribution is 6.52. The number of ketones is 1. The maximum absolute atomic E-state index is 15.4. The zero-order valence-corrected chi connectivity index (χ0v) is 48.3. The fourth-order valence-corrected chi connectivity index (χ4v) is 14.5. The van der Waals surface area contributed by atoms with Crippen molar-refractivity contribution in [2.75, 3.05) is 41.7 Å². The first-order chi connectivity index (χ1) is 33.5. The van der Waals surface area contributed by atoms with Crippen LogP contribution in [0.5, 0.6) is 0 Å². The Hall–Kier alpha value is -3.94. The maximum atomic E-state index is 15.4. The van der Waals surface area contributed by atoms with Crippen molar-refractivity contribution in [3.8, 4) is 0 Å². The molecular formula is C64H98N4O4. The molecule has 8 heteroatoms. The first kappa shape index (κ1) is 55.8. The number of allylic oxidation sites excluding steroid dienone is 2. The minimum Gasteiger partial charge on any atom is -0.871 e. The zero-order valence-electron chi connectivity index (χ0n) is 48.3. The largest absolute Gasteiger partial charge is 0.871 e. The molecule has 0 saturated heterocycles. The van der Waals surface area contributed by atoms with E-state index in [1.165, 1.54) is 11.0 Å². The fourth-order valence-electron chi connectivity index (χ4n) is 14.5. The van der Waals surface area contributed by atoms with E-state index in [0.29, 0.717) is 34.0 Å². The highest BCUT2D eigenvalue weighted by atomic mass is 16.3. The smallest absolute Gasteiger partial charge is 0.227 e. The van der Waals surface area contributed by atoms with Gasteiger partial charge in [0.05, 0.1) is 11.4 Å². The fraction of sp³-hybridized carbons (Fsp3) is 0.719. The maximum Gasteiger partial charge on any atom is 0.227 e. The van der Waals surface area contributed by atoms with Crippen LogP contribution >= 0.6 is 0 Å². The van der Waals surface area contributed by atoms with Gasteiger partial charge in [0, 0.05) is 76.5 Å². The van der Waals surface area contributed by atoms with E-state index >= 15 is 19.5 Å². The number of carbonyl (C=O) groups excluding carboxylic acids is 3. The average Bonchev–Trinajstić information content (AvgIpc) is 3.24. The molecule has 72 heavy (non-hydrogen) atoms. The number of hydrogen-bond donors (Lipinski definition) is 2. The van der Waals surface area contributed by atoms with Gasteiger partial charge in [-0.05, 0) is 158 Å². The number of rotatable bonds is 17. The summed E-state index contributed by atoms with van der Waals surface area (Å²) in [6, 6.07) is 4.18. The lowest BCUT2D eigenvalue weighted by molar-refractivity contribution is -0.292. The molecule has 2 aromatic rings. The third-order valence-electron chi connectivity index (χ3n) is 16.8. The summed E-state index contributed by atoms with van der Waals surface area (Å²) in [4.78, 5) is 48.2. The van der Waals surface area contributed by atoms with Crippen molar-refractivity contribution in [2.45, 2.75) is 214 Å². The Bertz CT molecular complexity index is 2530. The van der Waals surface area contributed by atoms with E-state index in [4.69, 9.17) is 0 Å². The van der Waals surface area contributed by atoms with Gasteiger partial charge in [-0.25, -0.2) is 4.58 Å². The molecule has 0 bridgehead atoms. The zero-order chi connectivity index (χ0) is 52.8. The molecule has 5 aliphatic rings. The topological polar surface area (TPSA) is 105 Å². The molecule has 0 fully saturated rings. The van der Waals surface area contributed by atoms with Gasteiger partial charge < -0.3 is 20.6 Å². The van der Waals surface area contributed by atoms with E-state index in [-0.39, 0.29) is 79.8 Å². The molecule has 0 saturated carbocycles. The monoisotopic (exact) mass is 987 g/mol. The molecule has 4 heterocycles. The average molecular weight is 988 g/mol. The molecule has 1 aliphatic carbocycles. The van der Waals surface area contributed by atoms with E-state index in [1.54, 1.807) is 0 Å². The number of anilines is 3. The molecule has 8 nitrogen and oxygen atoms in total. The molecular weight excluding hydrogens is 889 g/mol. The standard InChI is InChI=1S/C64H98N4O4/c1-39(35-61(5,6)7)25-27-45(41(3)37-63(11,12)13)59(71)65-53-47-23-19-31-67-29-17-21-43(55(47)67)33-49(53)51-57(69)52(58(51)70)50-34-44-22-18-30-68-32-20-24-48(56(44)68)54(50)66-60(72)46(42(4)38-64(14,15)16)28-26-40(2)36-62(8,9)10/h33-34,39-42,45-46H,17-32,35-38H2,1-16H3,(H2,65,66,69,70,71,72). The summed E-state index contributed by atoms with van der Waals surface area (Å²) < 4.78 is 2.47. The summed E-state index contributed by atoms with van der Waals surface area (Å²) in [7, 11) is 0. The molecule has 0 spiro atoms. The first-order valence-corrected chi connectivity index (χ1v) is 28.8. The van der Waals surface area contributed by atoms with Gasteiger partial charge >= 0.3 is 0 Å². The second-order valence-corrected chi connectivity index (χ2v) is 28.9. The summed E-state index contributed by atoms with van der Waals surface area (Å²) in [5, 5.41) is 24.2. The minimum atomic E-state index is -0.278. The second kappa shape index (κ2) is 21.7. The Labute approximate surface area is 436 Å². The Morgan fingerprint density at radius 1 is 0.597 bits per heavy atom. The predicted molar refractivity (Wildman–Crippen MR) is 300 cm³/mol. The van der Waals surface area contributed by atoms with E-state index in [1.807, 2.05) is 0 Å². The van der Waals surface area contributed by atoms with E-state index < -0.39 is 0 Å². The molecule has 6 unspecified atom stereocenters. The number of Topliss-reactive ketones (excluding diaryl/α,β-unsaturated/α-hetero) is 1. The van der Waals surface area contributed by atoms with Crippen molar-refractivity contribution in [2.24, 2.45) is 57.2 Å². The van der Waals surface area contributed by atoms with Crippen molar-refractivity contribution >= 4 is 45.8 Å². The summed E-state index contributed by atoms with van der Waals surface area (Å²) in [5.74, 6) is 0.207. The minimum absolute atomic E-state index is 0.00417. The molecule has 2 aromatic carbocycles. The van der Waals surface area contributed by atoms with Gasteiger partial charge in [0.1, 0.15) is 13.1 Å². The van der Waals surface area contributed by atoms with Crippen molar-refractivity contribution in [1.29, 1.82) is 0 Å². The molecule has 2 N–H and O–H groups in total. The van der Waals surface area contributed by atoms with Gasteiger partial charge in [-0.15, -0.1) is 0 Å². The molecule has 7 rings (SSSR count). The molecule has 0 aromatic heterocycles. The SMILES string of the molecule is CC(CCC(C(=O)Nc1c(C2=C([O-])/C(=c3\cc4c5c(c3NC(=O)C(CCC(C)CC(C)(C)C)C(C)CC(C)(C)C)CCC[N+]=5CCC4)C2=O)cc2c3c1CCCN3CCC2)C(C)CC(C)(C)C)CC(C)(C)C. The van der Waals surface area contributed by atoms with E-state index in [0.717, 1.165) is 151 Å². The van der Waals surface area contributed by atoms with Gasteiger partial charge in [-0.2, -0.15) is 0 Å². The van der Waals surface area contributed by atoms with Gasteiger partial charge in [0.15, 0.2) is 5.78 Å². The van der Waals surface area contributed by atoms with Crippen LogP contribution in [0, 0.1) is 57.2 Å². The van der Waals surface area contributed by atoms with Crippen molar-refractivity contribution in [3.05, 3.63) is 56.3 Å². The second-order valence-electron chi connectivity index (χ2n) is 28.9. The van der Waals surface area contributed by atoms with Crippen LogP contribution in [0.1, 0.15) is 216 Å². The van der Waals surface area contributed by atoms with Crippen molar-refractivity contribution in [3.63, 3.8) is 0 Å². The van der Waals surface area contributed by atoms with Crippen molar-refractivity contribution < 1.29 is 19.5 Å². The normalized spacial score (nSPS) is 20.5. The Balaban J connectivity index is 1.36. The Morgan fingerprint density at radius 3 is 1.58 bits per heavy atom. The van der Waals surface area contributed by atoms with Crippen LogP contribution in [0.4, 0.5) is 17.1 Å². The van der Waals surface area contributed by atoms with Crippen LogP contribution in [-0.4, -0.2) is 43.8 Å². The lowest BCUT2D eigenvalue weighted by atomic mass is 9.75. The number of nitrogens with one attached hydrogen (secondary N) is 2. The number of benzene rings is 2. The molecule has 0 radical (unpaired) electrons. The molecule has 398 valence electrons. The highest BCUT2D eigenvalue weighted by Crippen LogP contribution is 2.48. The van der Waals surface area contributed by atoms with Crippen LogP contribution in [0.3, 0.4) is 0 Å². The summed E-state index contributed by atoms with van der Waals surface area (Å²) in [6.45, 7) is 40.3. The highest BCUT2D eigenvalue weighted by Gasteiger charge is 2.39. The number of aryl methyl sites for hydroxylation is 2. The number of hydrogen-bond acceptors (Lipinski definition) is 5. The lowest BCUT2D eigenvalue weighted by Crippen LogP contribution is -2.47. The van der Waals surface area contributed by atoms with Gasteiger partial charge in [0.2, 0.25) is 17.2 Å².